The van der Waals surface area contributed by atoms with E-state index in [0.29, 0.717) is 36.2 Å². The van der Waals surface area contributed by atoms with E-state index in [1.165, 1.54) is 23.4 Å². The van der Waals surface area contributed by atoms with Crippen molar-refractivity contribution >= 4 is 34.2 Å². The van der Waals surface area contributed by atoms with E-state index in [1.54, 1.807) is 30.3 Å². The van der Waals surface area contributed by atoms with E-state index in [9.17, 15) is 9.59 Å². The number of ketones is 1. The van der Waals surface area contributed by atoms with Crippen LogP contribution < -0.4 is 15.2 Å². The molecule has 1 aromatic heterocycles. The van der Waals surface area contributed by atoms with Crippen molar-refractivity contribution in [2.75, 3.05) is 19.8 Å². The fourth-order valence-corrected chi connectivity index (χ4v) is 4.49. The number of rotatable bonds is 6. The first-order valence-corrected chi connectivity index (χ1v) is 12.4. The molecule has 0 spiro atoms. The van der Waals surface area contributed by atoms with E-state index in [2.05, 4.69) is 24.0 Å². The van der Waals surface area contributed by atoms with Gasteiger partial charge in [-0.2, -0.15) is 0 Å². The molecule has 5 rings (SSSR count). The molecule has 0 bridgehead atoms. The minimum Gasteiger partial charge on any atom is -0.486 e. The average molecular weight is 521 g/mol. The van der Waals surface area contributed by atoms with Crippen LogP contribution in [0, 0.1) is 5.92 Å². The summed E-state index contributed by atoms with van der Waals surface area (Å²) in [5.74, 6) is 0.609. The molecule has 0 saturated heterocycles. The van der Waals surface area contributed by atoms with Crippen LogP contribution in [-0.2, 0) is 6.42 Å². The number of hydrogen-bond donors (Lipinski definition) is 3. The molecule has 1 aliphatic heterocycles. The third-order valence-corrected chi connectivity index (χ3v) is 6.46. The highest BCUT2D eigenvalue weighted by Gasteiger charge is 2.21. The number of nitrogens with one attached hydrogen (secondary N) is 1. The summed E-state index contributed by atoms with van der Waals surface area (Å²) in [4.78, 5) is 26.4. The molecular formula is C29H29ClN2O5. The SMILES string of the molecule is CC(=O)c1cc(-c2ccc(C(N)=O)c(Cl)c2)cc2c1OCCO2.CC(CO)Cc1c[nH]c2ccccc12. The molecule has 4 N–H and O–H groups in total. The molecule has 0 radical (unpaired) electrons. The summed E-state index contributed by atoms with van der Waals surface area (Å²) in [6.45, 7) is 4.61. The molecule has 4 aromatic rings. The first-order valence-electron chi connectivity index (χ1n) is 12.0. The molecule has 1 aliphatic rings. The summed E-state index contributed by atoms with van der Waals surface area (Å²) in [5.41, 5.74) is 9.92. The Morgan fingerprint density at radius 2 is 1.81 bits per heavy atom. The number of fused-ring (bicyclic) bond motifs is 2. The van der Waals surface area contributed by atoms with Gasteiger partial charge >= 0.3 is 0 Å². The highest BCUT2D eigenvalue weighted by Crippen LogP contribution is 2.39. The fourth-order valence-electron chi connectivity index (χ4n) is 4.22. The number of aliphatic hydroxyl groups excluding tert-OH is 1. The molecular weight excluding hydrogens is 492 g/mol. The highest BCUT2D eigenvalue weighted by molar-refractivity contribution is 6.34. The van der Waals surface area contributed by atoms with Gasteiger partial charge in [-0.25, -0.2) is 0 Å². The van der Waals surface area contributed by atoms with E-state index < -0.39 is 5.91 Å². The number of carbonyl (C=O) groups excluding carboxylic acids is 2. The molecule has 1 amide bonds. The normalized spacial score (nSPS) is 13.0. The van der Waals surface area contributed by atoms with Crippen LogP contribution >= 0.6 is 11.6 Å². The Morgan fingerprint density at radius 1 is 1.05 bits per heavy atom. The van der Waals surface area contributed by atoms with Crippen molar-refractivity contribution < 1.29 is 24.2 Å². The standard InChI is InChI=1S/C17H14ClNO4.C12H15NO/c1-9(20)13-6-11(8-15-16(13)23-5-4-22-15)10-2-3-12(17(19)21)14(18)7-10;1-9(8-14)6-10-7-13-12-5-3-2-4-11(10)12/h2-3,6-8H,4-5H2,1H3,(H2,19,21);2-5,7,9,13-14H,6,8H2,1H3. The average Bonchev–Trinajstić information content (AvgIpc) is 3.30. The lowest BCUT2D eigenvalue weighted by Crippen LogP contribution is -2.17. The van der Waals surface area contributed by atoms with Gasteiger partial charge in [0.2, 0.25) is 5.91 Å². The van der Waals surface area contributed by atoms with Crippen LogP contribution in [0.2, 0.25) is 5.02 Å². The zero-order valence-electron chi connectivity index (χ0n) is 20.7. The first-order chi connectivity index (χ1) is 17.8. The summed E-state index contributed by atoms with van der Waals surface area (Å²) >= 11 is 6.10. The Morgan fingerprint density at radius 3 is 2.51 bits per heavy atom. The van der Waals surface area contributed by atoms with Gasteiger partial charge in [-0.05, 0) is 66.3 Å². The zero-order chi connectivity index (χ0) is 26.5. The predicted molar refractivity (Wildman–Crippen MR) is 145 cm³/mol. The fraction of sp³-hybridized carbons (Fsp3) is 0.241. The van der Waals surface area contributed by atoms with Crippen molar-refractivity contribution in [2.24, 2.45) is 11.7 Å². The molecule has 0 saturated carbocycles. The number of para-hydroxylation sites is 1. The first kappa shape index (κ1) is 26.3. The van der Waals surface area contributed by atoms with Gasteiger partial charge < -0.3 is 25.3 Å². The molecule has 3 aromatic carbocycles. The monoisotopic (exact) mass is 520 g/mol. The van der Waals surface area contributed by atoms with Crippen LogP contribution in [0.3, 0.4) is 0 Å². The second-order valence-corrected chi connectivity index (χ2v) is 9.42. The number of carbonyl (C=O) groups is 2. The van der Waals surface area contributed by atoms with Gasteiger partial charge in [-0.3, -0.25) is 9.59 Å². The van der Waals surface area contributed by atoms with Gasteiger partial charge in [0.15, 0.2) is 17.3 Å². The number of ether oxygens (including phenoxy) is 2. The van der Waals surface area contributed by atoms with Gasteiger partial charge in [0.25, 0.3) is 0 Å². The molecule has 7 nitrogen and oxygen atoms in total. The van der Waals surface area contributed by atoms with E-state index >= 15 is 0 Å². The van der Waals surface area contributed by atoms with Crippen molar-refractivity contribution in [3.63, 3.8) is 0 Å². The van der Waals surface area contributed by atoms with Gasteiger partial charge in [0.05, 0.1) is 16.1 Å². The number of primary amides is 1. The lowest BCUT2D eigenvalue weighted by Gasteiger charge is -2.21. The second kappa shape index (κ2) is 11.5. The molecule has 0 aliphatic carbocycles. The van der Waals surface area contributed by atoms with Gasteiger partial charge in [0.1, 0.15) is 13.2 Å². The molecule has 2 heterocycles. The Kier molecular flexibility index (Phi) is 8.16. The van der Waals surface area contributed by atoms with E-state index in [1.807, 2.05) is 18.3 Å². The molecule has 8 heteroatoms. The number of nitrogens with two attached hydrogens (primary N) is 1. The number of amides is 1. The zero-order valence-corrected chi connectivity index (χ0v) is 21.5. The molecule has 0 fully saturated rings. The highest BCUT2D eigenvalue weighted by atomic mass is 35.5. The van der Waals surface area contributed by atoms with Crippen molar-refractivity contribution in [2.45, 2.75) is 20.3 Å². The number of H-pyrrole nitrogens is 1. The number of aromatic amines is 1. The van der Waals surface area contributed by atoms with Crippen molar-refractivity contribution in [1.29, 1.82) is 0 Å². The Hall–Kier alpha value is -3.81. The van der Waals surface area contributed by atoms with E-state index in [-0.39, 0.29) is 23.0 Å². The third-order valence-electron chi connectivity index (χ3n) is 6.14. The lowest BCUT2D eigenvalue weighted by molar-refractivity contribution is 0.0993. The molecule has 1 atom stereocenters. The Balaban J connectivity index is 0.000000195. The van der Waals surface area contributed by atoms with Crippen molar-refractivity contribution in [3.05, 3.63) is 82.5 Å². The Bertz CT molecular complexity index is 1450. The summed E-state index contributed by atoms with van der Waals surface area (Å²) in [7, 11) is 0. The number of benzene rings is 3. The van der Waals surface area contributed by atoms with Crippen LogP contribution in [-0.4, -0.2) is 41.6 Å². The van der Waals surface area contributed by atoms with Gasteiger partial charge in [-0.15, -0.1) is 0 Å². The van der Waals surface area contributed by atoms with Crippen LogP contribution in [0.5, 0.6) is 11.5 Å². The largest absolute Gasteiger partial charge is 0.486 e. The summed E-state index contributed by atoms with van der Waals surface area (Å²) in [6.07, 6.45) is 2.97. The predicted octanol–water partition coefficient (Wildman–Crippen LogP) is 5.42. The molecule has 192 valence electrons. The summed E-state index contributed by atoms with van der Waals surface area (Å²) < 4.78 is 11.1. The number of Topliss-reactive ketones (excluding diaryl/α,β-unsaturated/α-hetero) is 1. The summed E-state index contributed by atoms with van der Waals surface area (Å²) in [6, 6.07) is 16.7. The van der Waals surface area contributed by atoms with Crippen molar-refractivity contribution in [1.82, 2.24) is 4.98 Å². The topological polar surface area (TPSA) is 115 Å². The number of hydrogen-bond acceptors (Lipinski definition) is 5. The lowest BCUT2D eigenvalue weighted by atomic mass is 9.98. The van der Waals surface area contributed by atoms with Crippen LogP contribution in [0.4, 0.5) is 0 Å². The molecule has 37 heavy (non-hydrogen) atoms. The Labute approximate surface area is 220 Å². The van der Waals surface area contributed by atoms with E-state index in [4.69, 9.17) is 31.9 Å². The van der Waals surface area contributed by atoms with Crippen LogP contribution in [0.15, 0.2) is 60.8 Å². The quantitative estimate of drug-likeness (QED) is 0.294. The van der Waals surface area contributed by atoms with E-state index in [0.717, 1.165) is 17.5 Å². The maximum absolute atomic E-state index is 11.9. The smallest absolute Gasteiger partial charge is 0.250 e. The maximum Gasteiger partial charge on any atom is 0.250 e. The third kappa shape index (κ3) is 5.96. The maximum atomic E-state index is 11.9. The molecule has 1 unspecified atom stereocenters. The number of aromatic nitrogens is 1. The summed E-state index contributed by atoms with van der Waals surface area (Å²) in [5, 5.41) is 10.5. The minimum absolute atomic E-state index is 0.117. The number of aliphatic hydroxyl groups is 1. The van der Waals surface area contributed by atoms with Crippen LogP contribution in [0.1, 0.15) is 40.1 Å². The van der Waals surface area contributed by atoms with Crippen molar-refractivity contribution in [3.8, 4) is 22.6 Å². The van der Waals surface area contributed by atoms with Crippen LogP contribution in [0.25, 0.3) is 22.0 Å². The number of halogens is 1. The van der Waals surface area contributed by atoms with Gasteiger partial charge in [0, 0.05) is 23.7 Å². The second-order valence-electron chi connectivity index (χ2n) is 9.01. The van der Waals surface area contributed by atoms with Gasteiger partial charge in [-0.1, -0.05) is 42.8 Å². The minimum atomic E-state index is -0.590.